The number of methoxy groups -OCH3 is 1. The summed E-state index contributed by atoms with van der Waals surface area (Å²) in [7, 11) is 1.56. The molecular weight excluding hydrogens is 402 g/mol. The largest absolute Gasteiger partial charge is 0.497 e. The normalized spacial score (nSPS) is 15.0. The number of hydrogen-bond acceptors (Lipinski definition) is 7. The summed E-state index contributed by atoms with van der Waals surface area (Å²) in [5.41, 5.74) is 3.24. The highest BCUT2D eigenvalue weighted by atomic mass is 32.2. The lowest BCUT2D eigenvalue weighted by molar-refractivity contribution is -0.384. The molecule has 142 valence electrons. The van der Waals surface area contributed by atoms with Crippen molar-refractivity contribution in [2.24, 2.45) is 0 Å². The maximum Gasteiger partial charge on any atom is 0.285 e. The molecule has 1 aliphatic rings. The third-order valence-corrected chi connectivity index (χ3v) is 5.06. The van der Waals surface area contributed by atoms with Crippen molar-refractivity contribution in [1.82, 2.24) is 10.4 Å². The van der Waals surface area contributed by atoms with Crippen LogP contribution in [0.5, 0.6) is 5.75 Å². The predicted molar refractivity (Wildman–Crippen MR) is 109 cm³/mol. The number of nitro benzene ring substituents is 1. The molecule has 0 aliphatic carbocycles. The molecule has 0 atom stereocenters. The molecule has 0 bridgehead atoms. The lowest BCUT2D eigenvalue weighted by Gasteiger charge is -2.15. The first-order chi connectivity index (χ1) is 13.4. The summed E-state index contributed by atoms with van der Waals surface area (Å²) >= 11 is 6.24. The number of nitrogens with one attached hydrogen (secondary N) is 1. The Morgan fingerprint density at radius 2 is 1.86 bits per heavy atom. The summed E-state index contributed by atoms with van der Waals surface area (Å²) < 4.78 is 5.27. The molecule has 3 rings (SSSR count). The maximum atomic E-state index is 12.6. The standard InChI is InChI=1S/C18H13N3O5S2/c1-26-14-8-2-11(3-9-14)10-15-17(23)20(18(27)28-15)19-16(22)12-4-6-13(7-5-12)21(24)25/h2-10H,1H3,(H,19,22)/b15-10+. The smallest absolute Gasteiger partial charge is 0.285 e. The number of nitrogens with zero attached hydrogens (tertiary/aromatic N) is 2. The molecule has 0 radical (unpaired) electrons. The second kappa shape index (κ2) is 8.19. The quantitative estimate of drug-likeness (QED) is 0.346. The average molecular weight is 415 g/mol. The monoisotopic (exact) mass is 415 g/mol. The van der Waals surface area contributed by atoms with Crippen molar-refractivity contribution in [3.63, 3.8) is 0 Å². The van der Waals surface area contributed by atoms with Crippen LogP contribution in [0.1, 0.15) is 15.9 Å². The molecule has 0 saturated carbocycles. The second-order valence-electron chi connectivity index (χ2n) is 5.54. The maximum absolute atomic E-state index is 12.6. The highest BCUT2D eigenvalue weighted by Crippen LogP contribution is 2.31. The molecule has 8 nitrogen and oxygen atoms in total. The van der Waals surface area contributed by atoms with Gasteiger partial charge < -0.3 is 4.74 Å². The first kappa shape index (κ1) is 19.5. The highest BCUT2D eigenvalue weighted by molar-refractivity contribution is 8.26. The van der Waals surface area contributed by atoms with Gasteiger partial charge in [0.05, 0.1) is 16.9 Å². The van der Waals surface area contributed by atoms with Gasteiger partial charge in [-0.25, -0.2) is 0 Å². The van der Waals surface area contributed by atoms with E-state index in [0.29, 0.717) is 10.7 Å². The average Bonchev–Trinajstić information content (AvgIpc) is 2.96. The van der Waals surface area contributed by atoms with Crippen molar-refractivity contribution in [3.05, 3.63) is 74.7 Å². The number of ether oxygens (including phenoxy) is 1. The lowest BCUT2D eigenvalue weighted by Crippen LogP contribution is -2.44. The first-order valence-electron chi connectivity index (χ1n) is 7.86. The van der Waals surface area contributed by atoms with Gasteiger partial charge in [-0.15, -0.1) is 0 Å². The number of carbonyl (C=O) groups is 2. The summed E-state index contributed by atoms with van der Waals surface area (Å²) in [5.74, 6) is -0.363. The molecule has 1 N–H and O–H groups in total. The van der Waals surface area contributed by atoms with E-state index in [1.807, 2.05) is 0 Å². The third-order valence-electron chi connectivity index (χ3n) is 3.76. The van der Waals surface area contributed by atoms with Crippen molar-refractivity contribution < 1.29 is 19.2 Å². The van der Waals surface area contributed by atoms with Crippen molar-refractivity contribution in [2.45, 2.75) is 0 Å². The Bertz CT molecular complexity index is 987. The summed E-state index contributed by atoms with van der Waals surface area (Å²) in [4.78, 5) is 35.4. The summed E-state index contributed by atoms with van der Waals surface area (Å²) in [5, 5.41) is 11.7. The number of amides is 2. The first-order valence-corrected chi connectivity index (χ1v) is 9.09. The molecule has 10 heteroatoms. The van der Waals surface area contributed by atoms with Crippen LogP contribution in [0.3, 0.4) is 0 Å². The van der Waals surface area contributed by atoms with Gasteiger partial charge >= 0.3 is 0 Å². The second-order valence-corrected chi connectivity index (χ2v) is 7.21. The molecule has 1 saturated heterocycles. The molecular formula is C18H13N3O5S2. The summed E-state index contributed by atoms with van der Waals surface area (Å²) in [6.07, 6.45) is 1.66. The highest BCUT2D eigenvalue weighted by Gasteiger charge is 2.33. The number of hydrazine groups is 1. The fourth-order valence-electron chi connectivity index (χ4n) is 2.32. The number of thioether (sulfide) groups is 1. The van der Waals surface area contributed by atoms with E-state index in [2.05, 4.69) is 5.43 Å². The number of nitro groups is 1. The van der Waals surface area contributed by atoms with E-state index in [0.717, 1.165) is 22.3 Å². The molecule has 0 unspecified atom stereocenters. The van der Waals surface area contributed by atoms with Gasteiger partial charge in [-0.1, -0.05) is 23.9 Å². The Labute approximate surface area is 169 Å². The number of rotatable bonds is 5. The fraction of sp³-hybridized carbons (Fsp3) is 0.0556. The zero-order valence-electron chi connectivity index (χ0n) is 14.4. The van der Waals surface area contributed by atoms with Gasteiger partial charge in [0.1, 0.15) is 5.75 Å². The van der Waals surface area contributed by atoms with Crippen molar-refractivity contribution >= 4 is 51.9 Å². The van der Waals surface area contributed by atoms with Crippen LogP contribution in [0.4, 0.5) is 5.69 Å². The minimum Gasteiger partial charge on any atom is -0.497 e. The minimum absolute atomic E-state index is 0.135. The predicted octanol–water partition coefficient (Wildman–Crippen LogP) is 3.15. The van der Waals surface area contributed by atoms with E-state index >= 15 is 0 Å². The molecule has 0 spiro atoms. The molecule has 28 heavy (non-hydrogen) atoms. The van der Waals surface area contributed by atoms with E-state index in [1.165, 1.54) is 24.3 Å². The van der Waals surface area contributed by atoms with Crippen LogP contribution in [0.15, 0.2) is 53.4 Å². The third kappa shape index (κ3) is 4.18. The van der Waals surface area contributed by atoms with E-state index < -0.39 is 16.7 Å². The van der Waals surface area contributed by atoms with Gasteiger partial charge in [0.2, 0.25) is 0 Å². The Morgan fingerprint density at radius 3 is 2.43 bits per heavy atom. The minimum atomic E-state index is -0.600. The Morgan fingerprint density at radius 1 is 1.21 bits per heavy atom. The van der Waals surface area contributed by atoms with Crippen LogP contribution in [0, 0.1) is 10.1 Å². The van der Waals surface area contributed by atoms with Gasteiger partial charge in [-0.2, -0.15) is 5.01 Å². The van der Waals surface area contributed by atoms with Gasteiger partial charge in [0, 0.05) is 17.7 Å². The number of benzene rings is 2. The molecule has 0 aromatic heterocycles. The topological polar surface area (TPSA) is 102 Å². The van der Waals surface area contributed by atoms with Gasteiger partial charge in [-0.05, 0) is 48.1 Å². The van der Waals surface area contributed by atoms with Crippen LogP contribution >= 0.6 is 24.0 Å². The molecule has 2 aromatic rings. The van der Waals surface area contributed by atoms with Crippen molar-refractivity contribution in [1.29, 1.82) is 0 Å². The zero-order chi connectivity index (χ0) is 20.3. The van der Waals surface area contributed by atoms with Crippen LogP contribution in [0.2, 0.25) is 0 Å². The number of non-ortho nitro benzene ring substituents is 1. The zero-order valence-corrected chi connectivity index (χ0v) is 16.1. The van der Waals surface area contributed by atoms with E-state index in [4.69, 9.17) is 17.0 Å². The van der Waals surface area contributed by atoms with E-state index in [9.17, 15) is 19.7 Å². The van der Waals surface area contributed by atoms with Gasteiger partial charge in [0.25, 0.3) is 17.5 Å². The van der Waals surface area contributed by atoms with Gasteiger partial charge in [0.15, 0.2) is 4.32 Å². The molecule has 1 fully saturated rings. The van der Waals surface area contributed by atoms with Crippen molar-refractivity contribution in [2.75, 3.05) is 7.11 Å². The number of thiocarbonyl (C=S) groups is 1. The van der Waals surface area contributed by atoms with Crippen molar-refractivity contribution in [3.8, 4) is 5.75 Å². The molecule has 1 aliphatic heterocycles. The molecule has 1 heterocycles. The molecule has 2 amide bonds. The van der Waals surface area contributed by atoms with Crippen LogP contribution < -0.4 is 10.2 Å². The number of carbonyl (C=O) groups excluding carboxylic acids is 2. The molecule has 2 aromatic carbocycles. The summed E-state index contributed by atoms with van der Waals surface area (Å²) in [6, 6.07) is 12.1. The Hall–Kier alpha value is -3.24. The van der Waals surface area contributed by atoms with Crippen LogP contribution in [0.25, 0.3) is 6.08 Å². The Kier molecular flexibility index (Phi) is 5.71. The number of hydrogen-bond donors (Lipinski definition) is 1. The van der Waals surface area contributed by atoms with E-state index in [1.54, 1.807) is 37.5 Å². The summed E-state index contributed by atoms with van der Waals surface area (Å²) in [6.45, 7) is 0. The SMILES string of the molecule is COc1ccc(/C=C2/SC(=S)N(NC(=O)c3ccc([N+](=O)[O-])cc3)C2=O)cc1. The van der Waals surface area contributed by atoms with Gasteiger partial charge in [-0.3, -0.25) is 25.1 Å². The Balaban J connectivity index is 1.73. The van der Waals surface area contributed by atoms with Crippen LogP contribution in [-0.4, -0.2) is 33.2 Å². The fourth-order valence-corrected chi connectivity index (χ4v) is 3.50. The van der Waals surface area contributed by atoms with E-state index in [-0.39, 0.29) is 15.6 Å². The van der Waals surface area contributed by atoms with Crippen LogP contribution in [-0.2, 0) is 4.79 Å². The lowest BCUT2D eigenvalue weighted by atomic mass is 10.2.